The molecule has 0 unspecified atom stereocenters. The first kappa shape index (κ1) is 21.1. The van der Waals surface area contributed by atoms with Gasteiger partial charge in [-0.3, -0.25) is 4.79 Å². The quantitative estimate of drug-likeness (QED) is 0.262. The summed E-state index contributed by atoms with van der Waals surface area (Å²) in [4.78, 5) is 22.6. The minimum atomic E-state index is -4.45. The Labute approximate surface area is 170 Å². The number of nitrogens with zero attached hydrogens (tertiary/aromatic N) is 5. The summed E-state index contributed by atoms with van der Waals surface area (Å²) in [6.45, 7) is 4.10. The number of amidine groups is 1. The molecule has 30 heavy (non-hydrogen) atoms. The molecule has 1 aliphatic heterocycles. The minimum Gasteiger partial charge on any atom is -0.370 e. The van der Waals surface area contributed by atoms with Crippen LogP contribution in [0.15, 0.2) is 47.2 Å². The van der Waals surface area contributed by atoms with Gasteiger partial charge in [-0.2, -0.15) is 18.7 Å². The molecule has 11 heteroatoms. The first-order chi connectivity index (χ1) is 14.3. The Morgan fingerprint density at radius 2 is 2.00 bits per heavy atom. The number of alkyl halides is 3. The van der Waals surface area contributed by atoms with Gasteiger partial charge in [0.15, 0.2) is 11.7 Å². The van der Waals surface area contributed by atoms with E-state index in [0.717, 1.165) is 17.7 Å². The Morgan fingerprint density at radius 1 is 1.30 bits per heavy atom. The molecule has 3 rings (SSSR count). The van der Waals surface area contributed by atoms with Crippen molar-refractivity contribution in [2.75, 3.05) is 13.6 Å². The van der Waals surface area contributed by atoms with Gasteiger partial charge in [0.2, 0.25) is 5.91 Å². The summed E-state index contributed by atoms with van der Waals surface area (Å²) < 4.78 is 38.6. The summed E-state index contributed by atoms with van der Waals surface area (Å²) in [7, 11) is 1.59. The zero-order valence-electron chi connectivity index (χ0n) is 16.0. The van der Waals surface area contributed by atoms with Crippen molar-refractivity contribution in [3.63, 3.8) is 0 Å². The van der Waals surface area contributed by atoms with Crippen LogP contribution in [0.3, 0.4) is 0 Å². The fourth-order valence-electron chi connectivity index (χ4n) is 3.15. The maximum absolute atomic E-state index is 12.9. The summed E-state index contributed by atoms with van der Waals surface area (Å²) in [5.41, 5.74) is 8.28. The van der Waals surface area contributed by atoms with Crippen molar-refractivity contribution in [1.29, 1.82) is 5.53 Å². The third-order valence-corrected chi connectivity index (χ3v) is 4.63. The minimum absolute atomic E-state index is 0.179. The number of carbonyl (C=O) groups excluding carboxylic acids is 1. The molecule has 0 spiro atoms. The third-order valence-electron chi connectivity index (χ3n) is 4.63. The molecule has 2 heterocycles. The number of nitrogens with one attached hydrogen (secondary N) is 2. The molecular formula is C19H18F3N7O. The lowest BCUT2D eigenvalue weighted by Gasteiger charge is -2.28. The highest BCUT2D eigenvalue weighted by Gasteiger charge is 2.30. The Morgan fingerprint density at radius 3 is 2.57 bits per heavy atom. The molecule has 1 aromatic carbocycles. The second-order valence-corrected chi connectivity index (χ2v) is 6.41. The number of halogens is 3. The standard InChI is InChI=1S/C19H18F3N7O/c1-3-15(30)29-9-8-13-14(10-29)25-17(26-16(13)18(24-2)27-28-23)11-4-6-12(7-5-11)19(20,21)22/h3-7H,1,8-10H2,2H3,(H2,23,24,27). The van der Waals surface area contributed by atoms with Gasteiger partial charge in [0.25, 0.3) is 0 Å². The van der Waals surface area contributed by atoms with Crippen LogP contribution in [0.4, 0.5) is 13.2 Å². The van der Waals surface area contributed by atoms with Crippen molar-refractivity contribution < 1.29 is 18.0 Å². The summed E-state index contributed by atoms with van der Waals surface area (Å²) in [5.74, 6) is 0.152. The van der Waals surface area contributed by atoms with Gasteiger partial charge in [0.1, 0.15) is 5.69 Å². The average molecular weight is 417 g/mol. The van der Waals surface area contributed by atoms with Gasteiger partial charge in [-0.1, -0.05) is 23.9 Å². The predicted octanol–water partition coefficient (Wildman–Crippen LogP) is 3.15. The molecule has 2 aromatic rings. The summed E-state index contributed by atoms with van der Waals surface area (Å²) >= 11 is 0. The van der Waals surface area contributed by atoms with Crippen molar-refractivity contribution in [2.45, 2.75) is 19.1 Å². The van der Waals surface area contributed by atoms with E-state index in [1.807, 2.05) is 0 Å². The van der Waals surface area contributed by atoms with Crippen LogP contribution in [0.1, 0.15) is 22.5 Å². The Bertz CT molecular complexity index is 1020. The highest BCUT2D eigenvalue weighted by atomic mass is 19.4. The van der Waals surface area contributed by atoms with E-state index in [2.05, 4.69) is 32.2 Å². The second-order valence-electron chi connectivity index (χ2n) is 6.41. The van der Waals surface area contributed by atoms with Crippen molar-refractivity contribution in [2.24, 2.45) is 10.3 Å². The normalized spacial score (nSPS) is 14.1. The van der Waals surface area contributed by atoms with Crippen LogP contribution in [-0.2, 0) is 23.9 Å². The molecule has 0 saturated heterocycles. The topological polar surface area (TPSA) is 107 Å². The monoisotopic (exact) mass is 417 g/mol. The highest BCUT2D eigenvalue weighted by Crippen LogP contribution is 2.31. The highest BCUT2D eigenvalue weighted by molar-refractivity contribution is 5.98. The number of aromatic nitrogens is 2. The number of rotatable bonds is 4. The number of benzene rings is 1. The van der Waals surface area contributed by atoms with Crippen LogP contribution in [0.25, 0.3) is 11.4 Å². The number of hydrogen-bond donors (Lipinski definition) is 2. The Kier molecular flexibility index (Phi) is 5.90. The number of fused-ring (bicyclic) bond motifs is 1. The van der Waals surface area contributed by atoms with Gasteiger partial charge in [-0.05, 0) is 24.6 Å². The van der Waals surface area contributed by atoms with Crippen molar-refractivity contribution in [1.82, 2.24) is 20.2 Å². The van der Waals surface area contributed by atoms with E-state index < -0.39 is 11.7 Å². The maximum Gasteiger partial charge on any atom is 0.416 e. The van der Waals surface area contributed by atoms with Gasteiger partial charge < -0.3 is 10.2 Å². The fraction of sp³-hybridized carbons (Fsp3) is 0.263. The van der Waals surface area contributed by atoms with E-state index in [1.165, 1.54) is 18.2 Å². The van der Waals surface area contributed by atoms with Crippen LogP contribution in [0.2, 0.25) is 0 Å². The van der Waals surface area contributed by atoms with E-state index in [-0.39, 0.29) is 24.1 Å². The Balaban J connectivity index is 2.12. The molecule has 1 aliphatic rings. The van der Waals surface area contributed by atoms with Crippen molar-refractivity contribution in [3.8, 4) is 11.4 Å². The average Bonchev–Trinajstić information content (AvgIpc) is 2.75. The molecule has 1 amide bonds. The van der Waals surface area contributed by atoms with Crippen molar-refractivity contribution in [3.05, 3.63) is 59.4 Å². The first-order valence-corrected chi connectivity index (χ1v) is 8.89. The predicted molar refractivity (Wildman–Crippen MR) is 103 cm³/mol. The molecule has 0 atom stereocenters. The van der Waals surface area contributed by atoms with E-state index >= 15 is 0 Å². The summed E-state index contributed by atoms with van der Waals surface area (Å²) in [5, 5.41) is 9.60. The lowest BCUT2D eigenvalue weighted by Crippen LogP contribution is -2.37. The van der Waals surface area contributed by atoms with E-state index in [0.29, 0.717) is 29.9 Å². The summed E-state index contributed by atoms with van der Waals surface area (Å²) in [6, 6.07) is 4.48. The smallest absolute Gasteiger partial charge is 0.370 e. The number of amides is 1. The third kappa shape index (κ3) is 4.19. The SMILES string of the molecule is C=CC(=O)N1CCc2c(nc(-c3ccc(C(F)(F)F)cc3)nc2/C(=N/N=N)NC)C1. The van der Waals surface area contributed by atoms with Gasteiger partial charge >= 0.3 is 6.18 Å². The lowest BCUT2D eigenvalue weighted by atomic mass is 10.0. The zero-order chi connectivity index (χ0) is 21.9. The van der Waals surface area contributed by atoms with Crippen molar-refractivity contribution >= 4 is 11.7 Å². The second kappa shape index (κ2) is 8.39. The fourth-order valence-corrected chi connectivity index (χ4v) is 3.15. The molecule has 0 fully saturated rings. The van der Waals surface area contributed by atoms with Gasteiger partial charge in [0.05, 0.1) is 17.8 Å². The van der Waals surface area contributed by atoms with E-state index in [1.54, 1.807) is 11.9 Å². The molecule has 2 N–H and O–H groups in total. The van der Waals surface area contributed by atoms with Crippen LogP contribution in [0.5, 0.6) is 0 Å². The lowest BCUT2D eigenvalue weighted by molar-refractivity contribution is -0.137. The van der Waals surface area contributed by atoms with Crippen LogP contribution < -0.4 is 5.32 Å². The van der Waals surface area contributed by atoms with Crippen LogP contribution >= 0.6 is 0 Å². The number of hydrogen-bond acceptors (Lipinski definition) is 5. The molecule has 0 saturated carbocycles. The largest absolute Gasteiger partial charge is 0.416 e. The van der Waals surface area contributed by atoms with E-state index in [4.69, 9.17) is 5.53 Å². The Hall–Kier alpha value is -3.63. The first-order valence-electron chi connectivity index (χ1n) is 8.89. The molecule has 0 radical (unpaired) electrons. The van der Waals surface area contributed by atoms with E-state index in [9.17, 15) is 18.0 Å². The van der Waals surface area contributed by atoms with Gasteiger partial charge in [-0.15, -0.1) is 5.10 Å². The van der Waals surface area contributed by atoms with Crippen LogP contribution in [0, 0.1) is 5.53 Å². The van der Waals surface area contributed by atoms with Gasteiger partial charge in [0, 0.05) is 24.7 Å². The molecular weight excluding hydrogens is 399 g/mol. The molecule has 8 nitrogen and oxygen atoms in total. The van der Waals surface area contributed by atoms with Gasteiger partial charge in [-0.25, -0.2) is 9.97 Å². The maximum atomic E-state index is 12.9. The van der Waals surface area contributed by atoms with Crippen LogP contribution in [-0.4, -0.2) is 40.2 Å². The zero-order valence-corrected chi connectivity index (χ0v) is 16.0. The number of carbonyl (C=O) groups is 1. The molecule has 156 valence electrons. The molecule has 0 bridgehead atoms. The molecule has 0 aliphatic carbocycles. The summed E-state index contributed by atoms with van der Waals surface area (Å²) in [6.07, 6.45) is -2.80. The molecule has 1 aromatic heterocycles.